The van der Waals surface area contributed by atoms with Crippen LogP contribution in [0, 0.1) is 23.7 Å². The van der Waals surface area contributed by atoms with E-state index in [-0.39, 0.29) is 0 Å². The fourth-order valence-corrected chi connectivity index (χ4v) is 3.49. The maximum atomic E-state index is 12.0. The van der Waals surface area contributed by atoms with Crippen LogP contribution in [0.25, 0.3) is 0 Å². The van der Waals surface area contributed by atoms with Crippen LogP contribution in [0.5, 0.6) is 0 Å². The van der Waals surface area contributed by atoms with Crippen molar-refractivity contribution in [3.63, 3.8) is 0 Å². The molecule has 2 fully saturated rings. The summed E-state index contributed by atoms with van der Waals surface area (Å²) in [6.07, 6.45) is 10.8. The molecule has 0 saturated heterocycles. The lowest BCUT2D eigenvalue weighted by atomic mass is 9.71. The first-order valence-corrected chi connectivity index (χ1v) is 5.58. The summed E-state index contributed by atoms with van der Waals surface area (Å²) in [5.74, 6) is 2.65. The Morgan fingerprint density at radius 1 is 1.00 bits per heavy atom. The molecule has 0 aromatic rings. The zero-order chi connectivity index (χ0) is 8.84. The zero-order valence-electron chi connectivity index (χ0n) is 7.91. The zero-order valence-corrected chi connectivity index (χ0v) is 7.91. The number of carbonyl (C=O) groups excluding carboxylic acids is 1. The average molecular weight is 176 g/mol. The van der Waals surface area contributed by atoms with Crippen LogP contribution < -0.4 is 0 Å². The Bertz CT molecular complexity index is 242. The van der Waals surface area contributed by atoms with Crippen LogP contribution in [0.4, 0.5) is 0 Å². The van der Waals surface area contributed by atoms with Gasteiger partial charge in [0.1, 0.15) is 5.78 Å². The lowest BCUT2D eigenvalue weighted by Gasteiger charge is -2.31. The van der Waals surface area contributed by atoms with Gasteiger partial charge in [0.25, 0.3) is 0 Å². The van der Waals surface area contributed by atoms with Crippen LogP contribution >= 0.6 is 0 Å². The third kappa shape index (κ3) is 1.02. The highest BCUT2D eigenvalue weighted by Crippen LogP contribution is 2.47. The number of hydrogen-bond donors (Lipinski definition) is 0. The maximum Gasteiger partial charge on any atom is 0.140 e. The van der Waals surface area contributed by atoms with Gasteiger partial charge in [-0.15, -0.1) is 0 Å². The quantitative estimate of drug-likeness (QED) is 0.518. The standard InChI is InChI=1S/C12H16O/c13-12-10-3-1-2-4-11(12)9-6-5-8(10)7-9/h5-6,8-11H,1-4,7H2. The van der Waals surface area contributed by atoms with E-state index in [2.05, 4.69) is 12.2 Å². The van der Waals surface area contributed by atoms with Gasteiger partial charge < -0.3 is 0 Å². The molecule has 2 saturated carbocycles. The summed E-state index contributed by atoms with van der Waals surface area (Å²) in [6.45, 7) is 0. The highest BCUT2D eigenvalue weighted by atomic mass is 16.1. The molecule has 0 aromatic carbocycles. The van der Waals surface area contributed by atoms with Crippen molar-refractivity contribution >= 4 is 5.78 Å². The monoisotopic (exact) mass is 176 g/mol. The summed E-state index contributed by atoms with van der Waals surface area (Å²) in [5.41, 5.74) is 0. The molecule has 0 aliphatic heterocycles. The van der Waals surface area contributed by atoms with Crippen molar-refractivity contribution in [3.8, 4) is 0 Å². The molecule has 1 nitrogen and oxygen atoms in total. The van der Waals surface area contributed by atoms with Crippen LogP contribution in [0.15, 0.2) is 12.2 Å². The Balaban J connectivity index is 1.99. The summed E-state index contributed by atoms with van der Waals surface area (Å²) in [5, 5.41) is 0. The Morgan fingerprint density at radius 3 is 2.08 bits per heavy atom. The van der Waals surface area contributed by atoms with Crippen LogP contribution in [-0.2, 0) is 4.79 Å². The predicted octanol–water partition coefficient (Wildman–Crippen LogP) is 2.57. The van der Waals surface area contributed by atoms with Crippen LogP contribution in [0.2, 0.25) is 0 Å². The SMILES string of the molecule is O=C1C2CCCCC1C1C=CC2C1. The number of rotatable bonds is 0. The molecule has 0 aromatic heterocycles. The average Bonchev–Trinajstić information content (AvgIpc) is 2.51. The van der Waals surface area contributed by atoms with Crippen molar-refractivity contribution < 1.29 is 4.79 Å². The van der Waals surface area contributed by atoms with Gasteiger partial charge in [0.05, 0.1) is 0 Å². The highest BCUT2D eigenvalue weighted by Gasteiger charge is 2.45. The number of hydrogen-bond acceptors (Lipinski definition) is 1. The Kier molecular flexibility index (Phi) is 1.61. The minimum atomic E-state index is 0.405. The summed E-state index contributed by atoms with van der Waals surface area (Å²) in [6, 6.07) is 0. The fourth-order valence-electron chi connectivity index (χ4n) is 3.49. The molecular formula is C12H16O. The summed E-state index contributed by atoms with van der Waals surface area (Å²) in [4.78, 5) is 12.0. The van der Waals surface area contributed by atoms with Crippen molar-refractivity contribution in [1.29, 1.82) is 0 Å². The number of Topliss-reactive ketones (excluding diaryl/α,β-unsaturated/α-hetero) is 1. The molecule has 0 N–H and O–H groups in total. The van der Waals surface area contributed by atoms with Crippen LogP contribution in [-0.4, -0.2) is 5.78 Å². The number of allylic oxidation sites excluding steroid dienone is 2. The van der Waals surface area contributed by atoms with E-state index in [0.717, 1.165) is 12.8 Å². The minimum absolute atomic E-state index is 0.405. The molecule has 0 amide bonds. The third-order valence-electron chi connectivity index (χ3n) is 4.19. The number of fused-ring (bicyclic) bond motifs is 6. The van der Waals surface area contributed by atoms with Gasteiger partial charge >= 0.3 is 0 Å². The van der Waals surface area contributed by atoms with E-state index < -0.39 is 0 Å². The maximum absolute atomic E-state index is 12.0. The van der Waals surface area contributed by atoms with Crippen molar-refractivity contribution in [2.24, 2.45) is 23.7 Å². The topological polar surface area (TPSA) is 17.1 Å². The number of ketones is 1. The lowest BCUT2D eigenvalue weighted by Crippen LogP contribution is -2.35. The van der Waals surface area contributed by atoms with Crippen molar-refractivity contribution in [2.45, 2.75) is 32.1 Å². The molecule has 4 unspecified atom stereocenters. The molecular weight excluding hydrogens is 160 g/mol. The lowest BCUT2D eigenvalue weighted by molar-refractivity contribution is -0.131. The predicted molar refractivity (Wildman–Crippen MR) is 51.2 cm³/mol. The Morgan fingerprint density at radius 2 is 1.54 bits per heavy atom. The van der Waals surface area contributed by atoms with Crippen molar-refractivity contribution in [2.75, 3.05) is 0 Å². The number of carbonyl (C=O) groups is 1. The molecule has 0 spiro atoms. The van der Waals surface area contributed by atoms with E-state index in [4.69, 9.17) is 0 Å². The largest absolute Gasteiger partial charge is 0.299 e. The van der Waals surface area contributed by atoms with E-state index in [9.17, 15) is 4.79 Å². The molecule has 4 bridgehead atoms. The summed E-state index contributed by atoms with van der Waals surface area (Å²) < 4.78 is 0. The molecule has 3 aliphatic carbocycles. The second-order valence-electron chi connectivity index (χ2n) is 4.85. The Labute approximate surface area is 79.2 Å². The minimum Gasteiger partial charge on any atom is -0.299 e. The van der Waals surface area contributed by atoms with E-state index in [0.29, 0.717) is 29.5 Å². The van der Waals surface area contributed by atoms with Crippen LogP contribution in [0.3, 0.4) is 0 Å². The molecule has 70 valence electrons. The van der Waals surface area contributed by atoms with Gasteiger partial charge in [0.2, 0.25) is 0 Å². The molecule has 3 rings (SSSR count). The van der Waals surface area contributed by atoms with Gasteiger partial charge in [-0.3, -0.25) is 4.79 Å². The van der Waals surface area contributed by atoms with E-state index >= 15 is 0 Å². The van der Waals surface area contributed by atoms with E-state index in [1.54, 1.807) is 0 Å². The van der Waals surface area contributed by atoms with Gasteiger partial charge in [0, 0.05) is 11.8 Å². The molecule has 4 atom stereocenters. The first-order valence-electron chi connectivity index (χ1n) is 5.58. The van der Waals surface area contributed by atoms with Gasteiger partial charge in [-0.2, -0.15) is 0 Å². The van der Waals surface area contributed by atoms with E-state index in [1.807, 2.05) is 0 Å². The van der Waals surface area contributed by atoms with Crippen molar-refractivity contribution in [3.05, 3.63) is 12.2 Å². The second kappa shape index (κ2) is 2.70. The first-order chi connectivity index (χ1) is 6.36. The van der Waals surface area contributed by atoms with Gasteiger partial charge in [0.15, 0.2) is 0 Å². The summed E-state index contributed by atoms with van der Waals surface area (Å²) >= 11 is 0. The molecule has 3 aliphatic rings. The highest BCUT2D eigenvalue weighted by molar-refractivity contribution is 5.86. The molecule has 1 heteroatoms. The van der Waals surface area contributed by atoms with E-state index in [1.165, 1.54) is 19.3 Å². The Hall–Kier alpha value is -0.590. The fraction of sp³-hybridized carbons (Fsp3) is 0.750. The van der Waals surface area contributed by atoms with Gasteiger partial charge in [-0.25, -0.2) is 0 Å². The molecule has 13 heavy (non-hydrogen) atoms. The third-order valence-corrected chi connectivity index (χ3v) is 4.19. The van der Waals surface area contributed by atoms with Crippen molar-refractivity contribution in [1.82, 2.24) is 0 Å². The first kappa shape index (κ1) is 7.78. The van der Waals surface area contributed by atoms with Crippen LogP contribution in [0.1, 0.15) is 32.1 Å². The van der Waals surface area contributed by atoms with Gasteiger partial charge in [-0.1, -0.05) is 25.0 Å². The summed E-state index contributed by atoms with van der Waals surface area (Å²) in [7, 11) is 0. The normalized spacial score (nSPS) is 47.8. The second-order valence-corrected chi connectivity index (χ2v) is 4.85. The molecule has 0 radical (unpaired) electrons. The molecule has 0 heterocycles. The smallest absolute Gasteiger partial charge is 0.140 e. The van der Waals surface area contributed by atoms with Gasteiger partial charge in [-0.05, 0) is 31.1 Å².